The average molecular weight is 436 g/mol. The number of hydrogen-bond donors (Lipinski definition) is 2. The maximum atomic E-state index is 13.5. The SMILES string of the molecule is CONC(=O)c1cc(O)cc2c1[C@]1(C)CC[C@H]3C(C)(C)CCC[C@]3(C)[C@H]1CS2(=O)=O. The average Bonchev–Trinajstić information content (AvgIpc) is 2.63. The highest BCUT2D eigenvalue weighted by atomic mass is 32.2. The first kappa shape index (κ1) is 21.6. The highest BCUT2D eigenvalue weighted by molar-refractivity contribution is 7.91. The summed E-state index contributed by atoms with van der Waals surface area (Å²) >= 11 is 0. The smallest absolute Gasteiger partial charge is 0.275 e. The molecule has 166 valence electrons. The van der Waals surface area contributed by atoms with Gasteiger partial charge in [0.15, 0.2) is 9.84 Å². The van der Waals surface area contributed by atoms with Crippen molar-refractivity contribution >= 4 is 15.7 Å². The highest BCUT2D eigenvalue weighted by Gasteiger charge is 2.62. The Morgan fingerprint density at radius 3 is 2.50 bits per heavy atom. The first-order chi connectivity index (χ1) is 13.9. The number of carbonyl (C=O) groups is 1. The van der Waals surface area contributed by atoms with Crippen LogP contribution in [-0.2, 0) is 20.1 Å². The van der Waals surface area contributed by atoms with E-state index in [9.17, 15) is 18.3 Å². The van der Waals surface area contributed by atoms with Crippen LogP contribution in [-0.4, -0.2) is 32.3 Å². The number of sulfone groups is 1. The van der Waals surface area contributed by atoms with E-state index in [0.29, 0.717) is 11.5 Å². The van der Waals surface area contributed by atoms with Crippen molar-refractivity contribution in [3.8, 4) is 5.75 Å². The summed E-state index contributed by atoms with van der Waals surface area (Å²) < 4.78 is 26.9. The number of benzene rings is 1. The van der Waals surface area contributed by atoms with Crippen molar-refractivity contribution in [2.75, 3.05) is 12.9 Å². The van der Waals surface area contributed by atoms with Crippen LogP contribution in [0.1, 0.15) is 75.7 Å². The molecule has 1 amide bonds. The Hall–Kier alpha value is -1.60. The first-order valence-corrected chi connectivity index (χ1v) is 12.5. The molecule has 4 rings (SSSR count). The van der Waals surface area contributed by atoms with Crippen LogP contribution in [0.4, 0.5) is 0 Å². The van der Waals surface area contributed by atoms with Crippen molar-refractivity contribution in [3.05, 3.63) is 23.3 Å². The van der Waals surface area contributed by atoms with Gasteiger partial charge in [-0.15, -0.1) is 0 Å². The van der Waals surface area contributed by atoms with Crippen LogP contribution in [0.3, 0.4) is 0 Å². The number of fused-ring (bicyclic) bond motifs is 5. The molecule has 0 bridgehead atoms. The zero-order chi connectivity index (χ0) is 22.1. The number of amides is 1. The fourth-order valence-electron chi connectivity index (χ4n) is 7.39. The number of carbonyl (C=O) groups excluding carboxylic acids is 1. The number of nitrogens with one attached hydrogen (secondary N) is 1. The predicted molar refractivity (Wildman–Crippen MR) is 114 cm³/mol. The number of phenolic OH excluding ortho intramolecular Hbond substituents is 1. The Morgan fingerprint density at radius 2 is 1.83 bits per heavy atom. The lowest BCUT2D eigenvalue weighted by Gasteiger charge is -2.64. The summed E-state index contributed by atoms with van der Waals surface area (Å²) in [5, 5.41) is 10.2. The number of rotatable bonds is 2. The van der Waals surface area contributed by atoms with E-state index in [1.165, 1.54) is 19.2 Å². The third-order valence-electron chi connectivity index (χ3n) is 8.61. The molecule has 0 radical (unpaired) electrons. The molecule has 4 atom stereocenters. The Bertz CT molecular complexity index is 1000. The van der Waals surface area contributed by atoms with Crippen molar-refractivity contribution in [1.82, 2.24) is 5.48 Å². The van der Waals surface area contributed by atoms with E-state index in [1.807, 2.05) is 0 Å². The number of aromatic hydroxyl groups is 1. The molecule has 3 aliphatic rings. The van der Waals surface area contributed by atoms with Crippen LogP contribution in [0, 0.1) is 22.7 Å². The molecule has 1 aliphatic heterocycles. The van der Waals surface area contributed by atoms with E-state index in [2.05, 4.69) is 33.2 Å². The van der Waals surface area contributed by atoms with Gasteiger partial charge < -0.3 is 5.11 Å². The Morgan fingerprint density at radius 1 is 1.13 bits per heavy atom. The minimum atomic E-state index is -3.65. The van der Waals surface area contributed by atoms with Crippen LogP contribution >= 0.6 is 0 Å². The molecule has 1 heterocycles. The second-order valence-electron chi connectivity index (χ2n) is 10.7. The Kier molecular flexibility index (Phi) is 4.83. The molecule has 2 saturated carbocycles. The maximum Gasteiger partial charge on any atom is 0.275 e. The zero-order valence-corrected chi connectivity index (χ0v) is 19.4. The number of hydroxylamine groups is 1. The molecule has 0 aromatic heterocycles. The normalized spacial score (nSPS) is 36.2. The lowest BCUT2D eigenvalue weighted by molar-refractivity contribution is -0.0982. The molecule has 1 aromatic carbocycles. The van der Waals surface area contributed by atoms with Gasteiger partial charge in [0.25, 0.3) is 5.91 Å². The molecule has 0 spiro atoms. The summed E-state index contributed by atoms with van der Waals surface area (Å²) in [5.41, 5.74) is 2.64. The summed E-state index contributed by atoms with van der Waals surface area (Å²) in [7, 11) is -2.31. The van der Waals surface area contributed by atoms with Crippen LogP contribution in [0.25, 0.3) is 0 Å². The number of hydrogen-bond acceptors (Lipinski definition) is 5. The standard InChI is InChI=1S/C23H33NO5S/c1-21(2)8-6-9-22(3)17(21)7-10-23(4)18(22)13-30(27,28)16-12-14(25)11-15(19(16)23)20(26)24-29-5/h11-12,17-18,25H,6-10,13H2,1-5H3,(H,24,26)/t17-,18+,22-,23+/m0/s1. The Labute approximate surface area is 179 Å². The van der Waals surface area contributed by atoms with Gasteiger partial charge in [0.2, 0.25) is 0 Å². The van der Waals surface area contributed by atoms with Gasteiger partial charge in [-0.25, -0.2) is 13.9 Å². The summed E-state index contributed by atoms with van der Waals surface area (Å²) in [4.78, 5) is 17.7. The molecule has 1 aromatic rings. The minimum absolute atomic E-state index is 0.0639. The molecule has 2 aliphatic carbocycles. The van der Waals surface area contributed by atoms with Crippen molar-refractivity contribution in [2.24, 2.45) is 22.7 Å². The fraction of sp³-hybridized carbons (Fsp3) is 0.696. The highest BCUT2D eigenvalue weighted by Crippen LogP contribution is 2.66. The molecule has 2 N–H and O–H groups in total. The van der Waals surface area contributed by atoms with Crippen molar-refractivity contribution in [3.63, 3.8) is 0 Å². The third kappa shape index (κ3) is 2.92. The molecule has 30 heavy (non-hydrogen) atoms. The summed E-state index contributed by atoms with van der Waals surface area (Å²) in [6.07, 6.45) is 5.08. The lowest BCUT2D eigenvalue weighted by atomic mass is 9.42. The van der Waals surface area contributed by atoms with E-state index >= 15 is 0 Å². The first-order valence-electron chi connectivity index (χ1n) is 10.8. The van der Waals surface area contributed by atoms with Crippen molar-refractivity contribution < 1.29 is 23.2 Å². The Balaban J connectivity index is 1.97. The van der Waals surface area contributed by atoms with E-state index in [1.54, 1.807) is 0 Å². The van der Waals surface area contributed by atoms with E-state index in [0.717, 1.165) is 32.1 Å². The fourth-order valence-corrected chi connectivity index (χ4v) is 9.72. The predicted octanol–water partition coefficient (Wildman–Crippen LogP) is 3.97. The van der Waals surface area contributed by atoms with Gasteiger partial charge in [-0.3, -0.25) is 9.63 Å². The maximum absolute atomic E-state index is 13.5. The molecule has 2 fully saturated rings. The van der Waals surface area contributed by atoms with E-state index in [4.69, 9.17) is 4.84 Å². The van der Waals surface area contributed by atoms with E-state index < -0.39 is 21.2 Å². The van der Waals surface area contributed by atoms with Gasteiger partial charge in [0.1, 0.15) is 5.75 Å². The zero-order valence-electron chi connectivity index (χ0n) is 18.5. The summed E-state index contributed by atoms with van der Waals surface area (Å²) in [6.45, 7) is 9.03. The van der Waals surface area contributed by atoms with Gasteiger partial charge >= 0.3 is 0 Å². The van der Waals surface area contributed by atoms with Gasteiger partial charge in [0, 0.05) is 0 Å². The molecular weight excluding hydrogens is 402 g/mol. The van der Waals surface area contributed by atoms with Crippen molar-refractivity contribution in [1.29, 1.82) is 0 Å². The third-order valence-corrected chi connectivity index (χ3v) is 10.4. The van der Waals surface area contributed by atoms with Crippen LogP contribution in [0.15, 0.2) is 17.0 Å². The minimum Gasteiger partial charge on any atom is -0.508 e. The van der Waals surface area contributed by atoms with Crippen molar-refractivity contribution in [2.45, 2.75) is 70.1 Å². The molecule has 7 heteroatoms. The molecular formula is C23H33NO5S. The van der Waals surface area contributed by atoms with Gasteiger partial charge in [-0.2, -0.15) is 0 Å². The topological polar surface area (TPSA) is 92.7 Å². The molecule has 0 saturated heterocycles. The van der Waals surface area contributed by atoms with Gasteiger partial charge in [0.05, 0.1) is 23.3 Å². The molecule has 0 unspecified atom stereocenters. The van der Waals surface area contributed by atoms with Gasteiger partial charge in [-0.05, 0) is 71.5 Å². The summed E-state index contributed by atoms with van der Waals surface area (Å²) in [6, 6.07) is 2.69. The monoisotopic (exact) mass is 435 g/mol. The number of phenols is 1. The second kappa shape index (κ2) is 6.70. The van der Waals surface area contributed by atoms with Crippen LogP contribution in [0.2, 0.25) is 0 Å². The van der Waals surface area contributed by atoms with Crippen LogP contribution < -0.4 is 5.48 Å². The van der Waals surface area contributed by atoms with E-state index in [-0.39, 0.29) is 38.7 Å². The lowest BCUT2D eigenvalue weighted by Crippen LogP contribution is -2.60. The molecule has 6 nitrogen and oxygen atoms in total. The van der Waals surface area contributed by atoms with Crippen LogP contribution in [0.5, 0.6) is 5.75 Å². The second-order valence-corrected chi connectivity index (χ2v) is 12.7. The van der Waals surface area contributed by atoms with Gasteiger partial charge in [-0.1, -0.05) is 34.1 Å². The summed E-state index contributed by atoms with van der Waals surface area (Å²) in [5.74, 6) is -0.326. The largest absolute Gasteiger partial charge is 0.508 e. The quantitative estimate of drug-likeness (QED) is 0.686.